The van der Waals surface area contributed by atoms with Gasteiger partial charge in [0, 0.05) is 30.2 Å². The first-order chi connectivity index (χ1) is 10.2. The minimum absolute atomic E-state index is 0.159. The quantitative estimate of drug-likeness (QED) is 0.922. The Balaban J connectivity index is 1.60. The first-order valence-electron chi connectivity index (χ1n) is 6.79. The van der Waals surface area contributed by atoms with Crippen LogP contribution in [-0.2, 0) is 4.74 Å². The second-order valence-corrected chi connectivity index (χ2v) is 4.77. The summed E-state index contributed by atoms with van der Waals surface area (Å²) in [6.07, 6.45) is 1.40. The summed E-state index contributed by atoms with van der Waals surface area (Å²) < 4.78 is 4.82. The molecule has 0 spiro atoms. The molecule has 21 heavy (non-hydrogen) atoms. The first kappa shape index (κ1) is 13.4. The number of carbonyl (C=O) groups is 2. The molecular weight excluding hydrogens is 270 g/mol. The third-order valence-corrected chi connectivity index (χ3v) is 3.38. The van der Waals surface area contributed by atoms with Gasteiger partial charge >= 0.3 is 6.09 Å². The number of aromatic nitrogens is 1. The lowest BCUT2D eigenvalue weighted by molar-refractivity contribution is 0.0949. The SMILES string of the molecule is O=C(NCCN1CCOC1=O)c1ccc2ncccc2c1. The maximum atomic E-state index is 12.1. The van der Waals surface area contributed by atoms with Gasteiger partial charge in [-0.2, -0.15) is 0 Å². The van der Waals surface area contributed by atoms with E-state index in [1.165, 1.54) is 0 Å². The smallest absolute Gasteiger partial charge is 0.409 e. The fourth-order valence-electron chi connectivity index (χ4n) is 2.25. The molecule has 0 aliphatic carbocycles. The van der Waals surface area contributed by atoms with Gasteiger partial charge < -0.3 is 15.0 Å². The molecule has 3 rings (SSSR count). The summed E-state index contributed by atoms with van der Waals surface area (Å²) in [7, 11) is 0. The predicted molar refractivity (Wildman–Crippen MR) is 77.0 cm³/mol. The normalized spacial score (nSPS) is 14.3. The van der Waals surface area contributed by atoms with E-state index < -0.39 is 0 Å². The summed E-state index contributed by atoms with van der Waals surface area (Å²) in [5, 5.41) is 3.73. The van der Waals surface area contributed by atoms with Gasteiger partial charge in [0.15, 0.2) is 0 Å². The molecule has 0 saturated carbocycles. The number of ether oxygens (including phenoxy) is 1. The van der Waals surface area contributed by atoms with Crippen LogP contribution in [0, 0.1) is 0 Å². The van der Waals surface area contributed by atoms with Gasteiger partial charge in [-0.25, -0.2) is 4.79 Å². The van der Waals surface area contributed by atoms with Crippen LogP contribution in [0.4, 0.5) is 4.79 Å². The number of amides is 2. The summed E-state index contributed by atoms with van der Waals surface area (Å²) in [5.41, 5.74) is 1.44. The molecule has 0 unspecified atom stereocenters. The fourth-order valence-corrected chi connectivity index (χ4v) is 2.25. The summed E-state index contributed by atoms with van der Waals surface area (Å²) in [4.78, 5) is 29.1. The molecule has 0 atom stereocenters. The summed E-state index contributed by atoms with van der Waals surface area (Å²) >= 11 is 0. The Hall–Kier alpha value is -2.63. The van der Waals surface area contributed by atoms with Gasteiger partial charge in [-0.1, -0.05) is 6.07 Å². The van der Waals surface area contributed by atoms with Crippen molar-refractivity contribution in [1.29, 1.82) is 0 Å². The van der Waals surface area contributed by atoms with Gasteiger partial charge in [0.2, 0.25) is 0 Å². The molecule has 6 heteroatoms. The highest BCUT2D eigenvalue weighted by Crippen LogP contribution is 2.13. The van der Waals surface area contributed by atoms with Gasteiger partial charge in [-0.3, -0.25) is 9.78 Å². The van der Waals surface area contributed by atoms with Crippen molar-refractivity contribution in [3.05, 3.63) is 42.1 Å². The van der Waals surface area contributed by atoms with Crippen molar-refractivity contribution in [2.24, 2.45) is 0 Å². The predicted octanol–water partition coefficient (Wildman–Crippen LogP) is 1.42. The van der Waals surface area contributed by atoms with Crippen molar-refractivity contribution in [3.63, 3.8) is 0 Å². The van der Waals surface area contributed by atoms with Crippen LogP contribution >= 0.6 is 0 Å². The van der Waals surface area contributed by atoms with Crippen molar-refractivity contribution in [2.45, 2.75) is 0 Å². The molecular formula is C15H15N3O3. The zero-order valence-electron chi connectivity index (χ0n) is 11.4. The molecule has 0 radical (unpaired) electrons. The van der Waals surface area contributed by atoms with E-state index in [-0.39, 0.29) is 12.0 Å². The standard InChI is InChI=1S/C15H15N3O3/c19-14(17-6-7-18-8-9-21-15(18)20)12-3-4-13-11(10-12)2-1-5-16-13/h1-5,10H,6-9H2,(H,17,19). The average molecular weight is 285 g/mol. The molecule has 1 aromatic heterocycles. The number of cyclic esters (lactones) is 1. The van der Waals surface area contributed by atoms with Gasteiger partial charge in [-0.15, -0.1) is 0 Å². The average Bonchev–Trinajstić information content (AvgIpc) is 2.92. The highest BCUT2D eigenvalue weighted by atomic mass is 16.6. The van der Waals surface area contributed by atoms with Crippen LogP contribution in [0.1, 0.15) is 10.4 Å². The lowest BCUT2D eigenvalue weighted by atomic mass is 10.1. The molecule has 108 valence electrons. The lowest BCUT2D eigenvalue weighted by Crippen LogP contribution is -2.35. The summed E-state index contributed by atoms with van der Waals surface area (Å²) in [6, 6.07) is 9.13. The Morgan fingerprint density at radius 3 is 3.10 bits per heavy atom. The number of benzene rings is 1. The van der Waals surface area contributed by atoms with E-state index in [1.54, 1.807) is 17.2 Å². The number of hydrogen-bond donors (Lipinski definition) is 1. The van der Waals surface area contributed by atoms with Crippen molar-refractivity contribution in [1.82, 2.24) is 15.2 Å². The molecule has 6 nitrogen and oxygen atoms in total. The van der Waals surface area contributed by atoms with Crippen LogP contribution < -0.4 is 5.32 Å². The molecule has 1 aliphatic heterocycles. The number of hydrogen-bond acceptors (Lipinski definition) is 4. The van der Waals surface area contributed by atoms with Crippen molar-refractivity contribution < 1.29 is 14.3 Å². The Morgan fingerprint density at radius 1 is 1.38 bits per heavy atom. The van der Waals surface area contributed by atoms with Crippen molar-refractivity contribution in [3.8, 4) is 0 Å². The Bertz CT molecular complexity index is 687. The molecule has 0 bridgehead atoms. The van der Waals surface area contributed by atoms with Crippen LogP contribution in [0.2, 0.25) is 0 Å². The minimum atomic E-state index is -0.318. The van der Waals surface area contributed by atoms with E-state index in [0.717, 1.165) is 10.9 Å². The van der Waals surface area contributed by atoms with E-state index in [2.05, 4.69) is 10.3 Å². The maximum Gasteiger partial charge on any atom is 0.409 e. The topological polar surface area (TPSA) is 71.5 Å². The number of rotatable bonds is 4. The summed E-state index contributed by atoms with van der Waals surface area (Å²) in [6.45, 7) is 1.86. The number of nitrogens with one attached hydrogen (secondary N) is 1. The number of carbonyl (C=O) groups excluding carboxylic acids is 2. The van der Waals surface area contributed by atoms with Gasteiger partial charge in [0.1, 0.15) is 6.61 Å². The maximum absolute atomic E-state index is 12.1. The number of nitrogens with zero attached hydrogens (tertiary/aromatic N) is 2. The summed E-state index contributed by atoms with van der Waals surface area (Å²) in [5.74, 6) is -0.159. The Morgan fingerprint density at radius 2 is 2.29 bits per heavy atom. The van der Waals surface area contributed by atoms with Gasteiger partial charge in [0.05, 0.1) is 12.1 Å². The highest BCUT2D eigenvalue weighted by Gasteiger charge is 2.21. The number of pyridine rings is 1. The lowest BCUT2D eigenvalue weighted by Gasteiger charge is -2.13. The molecule has 2 aromatic rings. The monoisotopic (exact) mass is 285 g/mol. The second kappa shape index (κ2) is 5.78. The van der Waals surface area contributed by atoms with Crippen LogP contribution in [-0.4, -0.2) is 48.1 Å². The van der Waals surface area contributed by atoms with Crippen LogP contribution in [0.5, 0.6) is 0 Å². The van der Waals surface area contributed by atoms with E-state index in [4.69, 9.17) is 4.74 Å². The van der Waals surface area contributed by atoms with Crippen LogP contribution in [0.15, 0.2) is 36.5 Å². The fraction of sp³-hybridized carbons (Fsp3) is 0.267. The third kappa shape index (κ3) is 2.94. The van der Waals surface area contributed by atoms with E-state index in [9.17, 15) is 9.59 Å². The zero-order valence-corrected chi connectivity index (χ0v) is 11.4. The molecule has 2 heterocycles. The minimum Gasteiger partial charge on any atom is -0.448 e. The van der Waals surface area contributed by atoms with Gasteiger partial charge in [-0.05, 0) is 24.3 Å². The third-order valence-electron chi connectivity index (χ3n) is 3.38. The molecule has 1 aromatic carbocycles. The van der Waals surface area contributed by atoms with E-state index in [1.807, 2.05) is 24.3 Å². The molecule has 1 fully saturated rings. The highest BCUT2D eigenvalue weighted by molar-refractivity contribution is 5.97. The zero-order chi connectivity index (χ0) is 14.7. The Kier molecular flexibility index (Phi) is 3.68. The molecule has 1 saturated heterocycles. The Labute approximate surface area is 121 Å². The molecule has 1 N–H and O–H groups in total. The van der Waals surface area contributed by atoms with Gasteiger partial charge in [0.25, 0.3) is 5.91 Å². The largest absolute Gasteiger partial charge is 0.448 e. The van der Waals surface area contributed by atoms with Crippen LogP contribution in [0.25, 0.3) is 10.9 Å². The van der Waals surface area contributed by atoms with E-state index in [0.29, 0.717) is 31.8 Å². The van der Waals surface area contributed by atoms with Crippen molar-refractivity contribution in [2.75, 3.05) is 26.2 Å². The van der Waals surface area contributed by atoms with Crippen LogP contribution in [0.3, 0.4) is 0 Å². The van der Waals surface area contributed by atoms with E-state index >= 15 is 0 Å². The number of fused-ring (bicyclic) bond motifs is 1. The van der Waals surface area contributed by atoms with Crippen molar-refractivity contribution >= 4 is 22.9 Å². The molecule has 1 aliphatic rings. The first-order valence-corrected chi connectivity index (χ1v) is 6.79. The second-order valence-electron chi connectivity index (χ2n) is 4.77. The molecule has 2 amide bonds.